The van der Waals surface area contributed by atoms with Crippen molar-refractivity contribution in [1.82, 2.24) is 10.3 Å². The minimum atomic E-state index is -0.649. The van der Waals surface area contributed by atoms with Crippen molar-refractivity contribution in [2.45, 2.75) is 0 Å². The second-order valence-electron chi connectivity index (χ2n) is 3.45. The van der Waals surface area contributed by atoms with Crippen LogP contribution >= 0.6 is 0 Å². The number of carbonyl (C=O) groups excluding carboxylic acids is 1. The summed E-state index contributed by atoms with van der Waals surface area (Å²) in [5.41, 5.74) is -0.221. The van der Waals surface area contributed by atoms with Gasteiger partial charge in [0.15, 0.2) is 0 Å². The summed E-state index contributed by atoms with van der Waals surface area (Å²) < 4.78 is 0. The molecule has 0 radical (unpaired) electrons. The number of aromatic nitrogens is 1. The zero-order valence-electron chi connectivity index (χ0n) is 8.73. The first-order valence-electron chi connectivity index (χ1n) is 4.87. The van der Waals surface area contributed by atoms with E-state index in [0.29, 0.717) is 10.9 Å². The van der Waals surface area contributed by atoms with Gasteiger partial charge in [0.25, 0.3) is 11.5 Å². The molecule has 0 saturated carbocycles. The quantitative estimate of drug-likeness (QED) is 0.545. The van der Waals surface area contributed by atoms with Crippen molar-refractivity contribution in [2.75, 3.05) is 6.73 Å². The van der Waals surface area contributed by atoms with Gasteiger partial charge in [0, 0.05) is 6.07 Å². The molecule has 0 bridgehead atoms. The Labute approximate surface area is 95.5 Å². The van der Waals surface area contributed by atoms with Crippen molar-refractivity contribution < 1.29 is 15.0 Å². The highest BCUT2D eigenvalue weighted by Crippen LogP contribution is 2.17. The molecule has 0 spiro atoms. The second-order valence-corrected chi connectivity index (χ2v) is 3.45. The molecular formula is C11H10N2O4. The molecule has 0 fully saturated rings. The van der Waals surface area contributed by atoms with Crippen LogP contribution in [0.4, 0.5) is 0 Å². The number of aromatic amines is 1. The highest BCUT2D eigenvalue weighted by Gasteiger charge is 2.10. The summed E-state index contributed by atoms with van der Waals surface area (Å²) in [6, 6.07) is 5.83. The molecule has 88 valence electrons. The summed E-state index contributed by atoms with van der Waals surface area (Å²) in [5, 5.41) is 20.6. The van der Waals surface area contributed by atoms with Gasteiger partial charge < -0.3 is 20.5 Å². The van der Waals surface area contributed by atoms with Crippen LogP contribution in [-0.4, -0.2) is 27.8 Å². The van der Waals surface area contributed by atoms with Crippen LogP contribution in [0.25, 0.3) is 10.9 Å². The molecule has 0 unspecified atom stereocenters. The molecule has 4 N–H and O–H groups in total. The highest BCUT2D eigenvalue weighted by molar-refractivity contribution is 5.97. The second kappa shape index (κ2) is 4.26. The summed E-state index contributed by atoms with van der Waals surface area (Å²) in [4.78, 5) is 25.5. The lowest BCUT2D eigenvalue weighted by Crippen LogP contribution is -2.30. The third-order valence-electron chi connectivity index (χ3n) is 2.31. The first-order valence-corrected chi connectivity index (χ1v) is 4.87. The van der Waals surface area contributed by atoms with E-state index in [0.717, 1.165) is 0 Å². The van der Waals surface area contributed by atoms with Crippen LogP contribution in [0.1, 0.15) is 10.4 Å². The smallest absolute Gasteiger partial charge is 0.261 e. The Morgan fingerprint density at radius 1 is 1.35 bits per heavy atom. The zero-order chi connectivity index (χ0) is 12.4. The number of pyridine rings is 1. The van der Waals surface area contributed by atoms with E-state index < -0.39 is 18.2 Å². The molecule has 1 aromatic heterocycles. The monoisotopic (exact) mass is 234 g/mol. The van der Waals surface area contributed by atoms with Gasteiger partial charge in [0.2, 0.25) is 0 Å². The minimum Gasteiger partial charge on any atom is -0.508 e. The fourth-order valence-corrected chi connectivity index (χ4v) is 1.52. The van der Waals surface area contributed by atoms with Gasteiger partial charge in [-0.1, -0.05) is 0 Å². The first-order chi connectivity index (χ1) is 8.11. The van der Waals surface area contributed by atoms with Crippen molar-refractivity contribution in [3.8, 4) is 5.75 Å². The Morgan fingerprint density at radius 2 is 2.12 bits per heavy atom. The van der Waals surface area contributed by atoms with E-state index in [1.165, 1.54) is 18.2 Å². The number of hydrogen-bond donors (Lipinski definition) is 4. The fourth-order valence-electron chi connectivity index (χ4n) is 1.52. The molecule has 1 amide bonds. The Balaban J connectivity index is 2.60. The van der Waals surface area contributed by atoms with Crippen LogP contribution in [0.3, 0.4) is 0 Å². The van der Waals surface area contributed by atoms with Crippen LogP contribution in [0.5, 0.6) is 5.75 Å². The number of fused-ring (bicyclic) bond motifs is 1. The zero-order valence-corrected chi connectivity index (χ0v) is 8.73. The summed E-state index contributed by atoms with van der Waals surface area (Å²) in [7, 11) is 0. The standard InChI is InChI=1S/C11H10N2O4/c14-5-12-10(16)8-3-6-1-2-7(15)4-9(6)13-11(8)17/h1-4,14-15H,5H2,(H,12,16)(H,13,17). The normalized spacial score (nSPS) is 10.4. The summed E-state index contributed by atoms with van der Waals surface area (Å²) in [5.74, 6) is -0.621. The summed E-state index contributed by atoms with van der Waals surface area (Å²) in [6.07, 6.45) is 0. The molecule has 6 nitrogen and oxygen atoms in total. The topological polar surface area (TPSA) is 102 Å². The van der Waals surface area contributed by atoms with Gasteiger partial charge in [-0.05, 0) is 23.6 Å². The van der Waals surface area contributed by atoms with E-state index in [2.05, 4.69) is 10.3 Å². The number of rotatable bonds is 2. The number of aromatic hydroxyl groups is 1. The Kier molecular flexibility index (Phi) is 2.80. The number of carbonyl (C=O) groups is 1. The number of aliphatic hydroxyl groups excluding tert-OH is 1. The number of amides is 1. The van der Waals surface area contributed by atoms with Gasteiger partial charge in [-0.2, -0.15) is 0 Å². The molecule has 0 saturated heterocycles. The number of H-pyrrole nitrogens is 1. The molecule has 1 heterocycles. The molecule has 2 rings (SSSR count). The number of phenolic OH excluding ortho intramolecular Hbond substituents is 1. The van der Waals surface area contributed by atoms with Crippen molar-refractivity contribution >= 4 is 16.8 Å². The molecule has 17 heavy (non-hydrogen) atoms. The van der Waals surface area contributed by atoms with Gasteiger partial charge in [-0.15, -0.1) is 0 Å². The lowest BCUT2D eigenvalue weighted by Gasteiger charge is -2.03. The molecular weight excluding hydrogens is 224 g/mol. The van der Waals surface area contributed by atoms with Crippen LogP contribution in [0.15, 0.2) is 29.1 Å². The third kappa shape index (κ3) is 2.11. The molecule has 0 aliphatic rings. The lowest BCUT2D eigenvalue weighted by molar-refractivity contribution is 0.0909. The average molecular weight is 234 g/mol. The number of benzene rings is 1. The van der Waals surface area contributed by atoms with Crippen molar-refractivity contribution in [3.05, 3.63) is 40.2 Å². The Bertz CT molecular complexity index is 633. The van der Waals surface area contributed by atoms with Crippen LogP contribution in [0, 0.1) is 0 Å². The molecule has 0 atom stereocenters. The predicted molar refractivity (Wildman–Crippen MR) is 60.8 cm³/mol. The van der Waals surface area contributed by atoms with E-state index in [1.54, 1.807) is 6.07 Å². The van der Waals surface area contributed by atoms with Crippen molar-refractivity contribution in [1.29, 1.82) is 0 Å². The van der Waals surface area contributed by atoms with Crippen molar-refractivity contribution in [3.63, 3.8) is 0 Å². The minimum absolute atomic E-state index is 0.0284. The number of phenols is 1. The number of hydrogen-bond acceptors (Lipinski definition) is 4. The van der Waals surface area contributed by atoms with Crippen LogP contribution < -0.4 is 10.9 Å². The lowest BCUT2D eigenvalue weighted by atomic mass is 10.1. The summed E-state index contributed by atoms with van der Waals surface area (Å²) in [6.45, 7) is -0.536. The first kappa shape index (κ1) is 11.2. The molecule has 1 aromatic carbocycles. The number of nitrogens with one attached hydrogen (secondary N) is 2. The van der Waals surface area contributed by atoms with Crippen molar-refractivity contribution in [2.24, 2.45) is 0 Å². The van der Waals surface area contributed by atoms with E-state index in [1.807, 2.05) is 0 Å². The largest absolute Gasteiger partial charge is 0.508 e. The molecule has 2 aromatic rings. The van der Waals surface area contributed by atoms with E-state index in [9.17, 15) is 14.7 Å². The summed E-state index contributed by atoms with van der Waals surface area (Å²) >= 11 is 0. The number of aliphatic hydroxyl groups is 1. The molecule has 0 aliphatic heterocycles. The third-order valence-corrected chi connectivity index (χ3v) is 2.31. The highest BCUT2D eigenvalue weighted by atomic mass is 16.3. The SMILES string of the molecule is O=C(NCO)c1cc2ccc(O)cc2[nH]c1=O. The van der Waals surface area contributed by atoms with Gasteiger partial charge in [-0.3, -0.25) is 9.59 Å². The van der Waals surface area contributed by atoms with E-state index >= 15 is 0 Å². The van der Waals surface area contributed by atoms with E-state index in [-0.39, 0.29) is 11.3 Å². The van der Waals surface area contributed by atoms with Crippen LogP contribution in [-0.2, 0) is 0 Å². The average Bonchev–Trinajstić information content (AvgIpc) is 2.28. The predicted octanol–water partition coefficient (Wildman–Crippen LogP) is -0.0867. The van der Waals surface area contributed by atoms with Gasteiger partial charge >= 0.3 is 0 Å². The van der Waals surface area contributed by atoms with Crippen LogP contribution in [0.2, 0.25) is 0 Å². The maximum absolute atomic E-state index is 11.6. The maximum atomic E-state index is 11.6. The van der Waals surface area contributed by atoms with Gasteiger partial charge in [-0.25, -0.2) is 0 Å². The molecule has 6 heteroatoms. The Morgan fingerprint density at radius 3 is 2.82 bits per heavy atom. The van der Waals surface area contributed by atoms with E-state index in [4.69, 9.17) is 5.11 Å². The Hall–Kier alpha value is -2.34. The fraction of sp³-hybridized carbons (Fsp3) is 0.0909. The van der Waals surface area contributed by atoms with Gasteiger partial charge in [0.1, 0.15) is 18.0 Å². The van der Waals surface area contributed by atoms with Gasteiger partial charge in [0.05, 0.1) is 5.52 Å². The molecule has 0 aliphatic carbocycles. The maximum Gasteiger partial charge on any atom is 0.261 e.